The van der Waals surface area contributed by atoms with Gasteiger partial charge in [0.05, 0.1) is 16.8 Å². The molecule has 1 aromatic heterocycles. The van der Waals surface area contributed by atoms with E-state index < -0.39 is 43.8 Å². The van der Waals surface area contributed by atoms with Crippen molar-refractivity contribution < 1.29 is 32.6 Å². The van der Waals surface area contributed by atoms with Gasteiger partial charge in [-0.25, -0.2) is 18.0 Å². The molecule has 2 aliphatic rings. The summed E-state index contributed by atoms with van der Waals surface area (Å²) < 4.78 is 29.1. The number of nitrogens with zero attached hydrogens (tertiary/aromatic N) is 2. The Morgan fingerprint density at radius 3 is 2.71 bits per heavy atom. The quantitative estimate of drug-likeness (QED) is 0.326. The van der Waals surface area contributed by atoms with Gasteiger partial charge in [0.1, 0.15) is 11.4 Å². The Labute approximate surface area is 161 Å². The molecule has 2 atom stereocenters. The number of β-lactam (4-membered cyclic amide) rings is 1. The number of carbonyl (C=O) groups is 3. The van der Waals surface area contributed by atoms with E-state index in [1.54, 1.807) is 0 Å². The molecular weight excluding hydrogens is 388 g/mol. The number of ether oxygens (including phenoxy) is 1. The number of carboxylic acids is 1. The van der Waals surface area contributed by atoms with Crippen LogP contribution in [0.15, 0.2) is 36.6 Å². The number of pyridine rings is 1. The predicted octanol–water partition coefficient (Wildman–Crippen LogP) is 0.636. The number of rotatable bonds is 5. The Kier molecular flexibility index (Phi) is 4.62. The van der Waals surface area contributed by atoms with Crippen molar-refractivity contribution in [3.63, 3.8) is 0 Å². The first-order valence-corrected chi connectivity index (χ1v) is 9.84. The van der Waals surface area contributed by atoms with Gasteiger partial charge in [0.15, 0.2) is 21.3 Å². The highest BCUT2D eigenvalue weighted by Gasteiger charge is 2.70. The lowest BCUT2D eigenvalue weighted by Gasteiger charge is -2.37. The van der Waals surface area contributed by atoms with Crippen molar-refractivity contribution in [2.75, 3.05) is 6.61 Å². The van der Waals surface area contributed by atoms with Crippen molar-refractivity contribution in [3.8, 4) is 0 Å². The molecule has 9 nitrogen and oxygen atoms in total. The topological polar surface area (TPSA) is 131 Å². The first kappa shape index (κ1) is 19.7. The fraction of sp³-hybridized carbons (Fsp3) is 0.333. The summed E-state index contributed by atoms with van der Waals surface area (Å²) in [6.45, 7) is 5.98. The molecule has 0 unspecified atom stereocenters. The van der Waals surface area contributed by atoms with E-state index in [4.69, 9.17) is 4.74 Å². The summed E-state index contributed by atoms with van der Waals surface area (Å²) in [5.41, 5.74) is -0.0211. The number of carboxylic acid groups (broad SMARTS) is 1. The van der Waals surface area contributed by atoms with Gasteiger partial charge < -0.3 is 14.7 Å². The molecular formula is C18H18N2O7S. The van der Waals surface area contributed by atoms with Crippen LogP contribution >= 0.6 is 0 Å². The van der Waals surface area contributed by atoms with Gasteiger partial charge in [-0.05, 0) is 32.1 Å². The molecule has 0 bridgehead atoms. The van der Waals surface area contributed by atoms with E-state index in [9.17, 15) is 27.9 Å². The number of sulfone groups is 1. The molecule has 0 spiro atoms. The molecule has 1 aromatic rings. The summed E-state index contributed by atoms with van der Waals surface area (Å²) in [6.07, 6.45) is 3.97. The van der Waals surface area contributed by atoms with E-state index >= 15 is 0 Å². The highest BCUT2D eigenvalue weighted by Crippen LogP contribution is 2.48. The predicted molar refractivity (Wildman–Crippen MR) is 97.8 cm³/mol. The number of hydrogen-bond acceptors (Lipinski definition) is 7. The summed E-state index contributed by atoms with van der Waals surface area (Å²) >= 11 is 0. The smallest absolute Gasteiger partial charge is 0.340 e. The standard InChI is InChI=1S/C18H18N2O7S/c1-4-8-27-17(24)10-6-5-7-19-12(10)9-11-14(21)20-13(16(22)23)18(2,3)28(25,26)15(11)20/h4-7,9,13,15H,1,8H2,2-3H3,(H,22,23)/b11-9-/t13-,15+/m0/s1. The molecule has 2 fully saturated rings. The van der Waals surface area contributed by atoms with Crippen molar-refractivity contribution in [3.05, 3.63) is 47.8 Å². The zero-order valence-corrected chi connectivity index (χ0v) is 16.0. The van der Waals surface area contributed by atoms with Crippen LogP contribution in [-0.4, -0.2) is 64.0 Å². The molecule has 0 radical (unpaired) electrons. The van der Waals surface area contributed by atoms with E-state index in [-0.39, 0.29) is 23.4 Å². The largest absolute Gasteiger partial charge is 0.480 e. The van der Waals surface area contributed by atoms with Gasteiger partial charge in [0.25, 0.3) is 5.91 Å². The van der Waals surface area contributed by atoms with Crippen molar-refractivity contribution in [2.24, 2.45) is 0 Å². The number of esters is 1. The van der Waals surface area contributed by atoms with Crippen LogP contribution in [0.2, 0.25) is 0 Å². The first-order valence-electron chi connectivity index (χ1n) is 8.29. The monoisotopic (exact) mass is 406 g/mol. The highest BCUT2D eigenvalue weighted by molar-refractivity contribution is 7.94. The summed E-state index contributed by atoms with van der Waals surface area (Å²) in [5.74, 6) is -2.82. The van der Waals surface area contributed by atoms with Crippen molar-refractivity contribution in [1.82, 2.24) is 9.88 Å². The molecule has 2 saturated heterocycles. The minimum Gasteiger partial charge on any atom is -0.480 e. The Morgan fingerprint density at radius 2 is 2.11 bits per heavy atom. The number of fused-ring (bicyclic) bond motifs is 1. The first-order chi connectivity index (χ1) is 13.1. The van der Waals surface area contributed by atoms with Crippen molar-refractivity contribution >= 4 is 33.8 Å². The number of aromatic nitrogens is 1. The van der Waals surface area contributed by atoms with Gasteiger partial charge in [-0.15, -0.1) is 0 Å². The third kappa shape index (κ3) is 2.63. The molecule has 1 amide bonds. The van der Waals surface area contributed by atoms with Crippen LogP contribution in [0.4, 0.5) is 0 Å². The molecule has 0 saturated carbocycles. The lowest BCUT2D eigenvalue weighted by molar-refractivity contribution is -0.152. The SMILES string of the molecule is C=CCOC(=O)c1cccnc1/C=C1/C(=O)N2[C@@H](C(=O)O)C(C)(C)S(=O)(=O)[C@H]12. The maximum absolute atomic E-state index is 12.9. The van der Waals surface area contributed by atoms with Crippen LogP contribution in [0, 0.1) is 0 Å². The normalized spacial score (nSPS) is 25.7. The number of aliphatic carboxylic acids is 1. The summed E-state index contributed by atoms with van der Waals surface area (Å²) in [6, 6.07) is 1.43. The minimum atomic E-state index is -4.01. The van der Waals surface area contributed by atoms with Crippen LogP contribution in [0.25, 0.3) is 6.08 Å². The Morgan fingerprint density at radius 1 is 1.43 bits per heavy atom. The van der Waals surface area contributed by atoms with Gasteiger partial charge in [-0.3, -0.25) is 9.78 Å². The second-order valence-corrected chi connectivity index (χ2v) is 9.47. The minimum absolute atomic E-state index is 0.0259. The lowest BCUT2D eigenvalue weighted by atomic mass is 9.95. The van der Waals surface area contributed by atoms with Gasteiger partial charge in [0, 0.05) is 6.20 Å². The molecule has 1 N–H and O–H groups in total. The summed E-state index contributed by atoms with van der Waals surface area (Å²) in [5, 5.41) is 8.04. The Balaban J connectivity index is 2.05. The summed E-state index contributed by atoms with van der Waals surface area (Å²) in [7, 11) is -4.01. The molecule has 10 heteroatoms. The lowest BCUT2D eigenvalue weighted by Crippen LogP contribution is -2.58. The van der Waals surface area contributed by atoms with Crippen molar-refractivity contribution in [2.45, 2.75) is 30.0 Å². The van der Waals surface area contributed by atoms with Gasteiger partial charge in [-0.1, -0.05) is 12.7 Å². The third-order valence-corrected chi connectivity index (χ3v) is 7.64. The molecule has 3 rings (SSSR count). The Bertz CT molecular complexity index is 1030. The van der Waals surface area contributed by atoms with E-state index in [2.05, 4.69) is 11.6 Å². The van der Waals surface area contributed by atoms with E-state index in [0.717, 1.165) is 4.90 Å². The molecule has 28 heavy (non-hydrogen) atoms. The number of amides is 1. The maximum Gasteiger partial charge on any atom is 0.340 e. The maximum atomic E-state index is 12.9. The van der Waals surface area contributed by atoms with Gasteiger partial charge in [0.2, 0.25) is 0 Å². The van der Waals surface area contributed by atoms with Crippen LogP contribution in [0.5, 0.6) is 0 Å². The van der Waals surface area contributed by atoms with E-state index in [0.29, 0.717) is 0 Å². The van der Waals surface area contributed by atoms with Gasteiger partial charge in [-0.2, -0.15) is 0 Å². The van der Waals surface area contributed by atoms with E-state index in [1.807, 2.05) is 0 Å². The van der Waals surface area contributed by atoms with Gasteiger partial charge >= 0.3 is 11.9 Å². The van der Waals surface area contributed by atoms with Crippen LogP contribution in [0.1, 0.15) is 29.9 Å². The molecule has 0 aromatic carbocycles. The number of carbonyl (C=O) groups excluding carboxylic acids is 2. The number of hydrogen-bond donors (Lipinski definition) is 1. The average molecular weight is 406 g/mol. The highest BCUT2D eigenvalue weighted by atomic mass is 32.2. The zero-order chi connectivity index (χ0) is 20.9. The van der Waals surface area contributed by atoms with E-state index in [1.165, 1.54) is 44.3 Å². The second-order valence-electron chi connectivity index (χ2n) is 6.88. The molecule has 148 valence electrons. The average Bonchev–Trinajstić information content (AvgIpc) is 2.78. The summed E-state index contributed by atoms with van der Waals surface area (Å²) in [4.78, 5) is 41.2. The fourth-order valence-corrected chi connectivity index (χ4v) is 5.53. The van der Waals surface area contributed by atoms with Crippen molar-refractivity contribution in [1.29, 1.82) is 0 Å². The zero-order valence-electron chi connectivity index (χ0n) is 15.2. The molecule has 2 aliphatic heterocycles. The van der Waals surface area contributed by atoms with Crippen LogP contribution in [-0.2, 0) is 24.2 Å². The molecule has 3 heterocycles. The second kappa shape index (κ2) is 6.55. The van der Waals surface area contributed by atoms with Crippen LogP contribution < -0.4 is 0 Å². The fourth-order valence-electron chi connectivity index (χ4n) is 3.41. The van der Waals surface area contributed by atoms with Crippen LogP contribution in [0.3, 0.4) is 0 Å². The third-order valence-electron chi connectivity index (χ3n) is 4.88. The molecule has 0 aliphatic carbocycles. The Hall–Kier alpha value is -3.01.